The Morgan fingerprint density at radius 1 is 0.966 bits per heavy atom. The van der Waals surface area contributed by atoms with Crippen LogP contribution in [0, 0.1) is 6.92 Å². The Labute approximate surface area is 183 Å². The van der Waals surface area contributed by atoms with Gasteiger partial charge in [0.15, 0.2) is 0 Å². The van der Waals surface area contributed by atoms with E-state index in [1.807, 2.05) is 18.2 Å². The van der Waals surface area contributed by atoms with Crippen LogP contribution in [0.2, 0.25) is 15.3 Å². The van der Waals surface area contributed by atoms with Crippen LogP contribution in [0.15, 0.2) is 48.5 Å². The number of aromatic amines is 1. The third-order valence-corrected chi connectivity index (χ3v) is 6.01. The van der Waals surface area contributed by atoms with Gasteiger partial charge in [-0.15, -0.1) is 0 Å². The van der Waals surface area contributed by atoms with Crippen LogP contribution in [0.3, 0.4) is 0 Å². The maximum Gasteiger partial charge on any atom is 0.229 e. The topological polar surface area (TPSA) is 44.8 Å². The summed E-state index contributed by atoms with van der Waals surface area (Å²) >= 11 is 18.6. The molecule has 2 aromatic heterocycles. The molecule has 0 saturated heterocycles. The Kier molecular flexibility index (Phi) is 4.66. The largest absolute Gasteiger partial charge is 0.356 e. The molecule has 1 N–H and O–H groups in total. The second-order valence-corrected chi connectivity index (χ2v) is 8.49. The Balaban J connectivity index is 1.72. The Morgan fingerprint density at radius 3 is 2.41 bits per heavy atom. The predicted molar refractivity (Wildman–Crippen MR) is 119 cm³/mol. The Hall–Kier alpha value is -2.27. The molecule has 1 aliphatic heterocycles. The summed E-state index contributed by atoms with van der Waals surface area (Å²) in [6.07, 6.45) is 0.839. The van der Waals surface area contributed by atoms with Gasteiger partial charge in [-0.05, 0) is 42.7 Å². The van der Waals surface area contributed by atoms with E-state index in [1.165, 1.54) is 11.1 Å². The lowest BCUT2D eigenvalue weighted by atomic mass is 9.92. The predicted octanol–water partition coefficient (Wildman–Crippen LogP) is 6.38. The number of nitrogens with zero attached hydrogens (tertiary/aromatic N) is 3. The molecule has 0 saturated carbocycles. The van der Waals surface area contributed by atoms with Gasteiger partial charge in [0, 0.05) is 34.2 Å². The van der Waals surface area contributed by atoms with Gasteiger partial charge in [0.2, 0.25) is 5.95 Å². The molecule has 1 aliphatic rings. The monoisotopic (exact) mass is 442 g/mol. The lowest BCUT2D eigenvalue weighted by Gasteiger charge is -2.36. The van der Waals surface area contributed by atoms with Crippen LogP contribution in [0.1, 0.15) is 28.4 Å². The molecule has 0 aliphatic carbocycles. The van der Waals surface area contributed by atoms with Gasteiger partial charge in [-0.3, -0.25) is 0 Å². The summed E-state index contributed by atoms with van der Waals surface area (Å²) in [6.45, 7) is 2.82. The molecule has 4 aromatic rings. The van der Waals surface area contributed by atoms with E-state index in [-0.39, 0.29) is 6.04 Å². The Morgan fingerprint density at radius 2 is 1.69 bits per heavy atom. The average molecular weight is 444 g/mol. The number of nitrogens with one attached hydrogen (secondary N) is 1. The number of fused-ring (bicyclic) bond motifs is 3. The van der Waals surface area contributed by atoms with Crippen molar-refractivity contribution in [2.45, 2.75) is 19.4 Å². The van der Waals surface area contributed by atoms with Crippen LogP contribution in [0.25, 0.3) is 10.9 Å². The Bertz CT molecular complexity index is 1200. The van der Waals surface area contributed by atoms with Crippen LogP contribution in [0.4, 0.5) is 5.95 Å². The smallest absolute Gasteiger partial charge is 0.229 e. The summed E-state index contributed by atoms with van der Waals surface area (Å²) < 4.78 is 0. The third kappa shape index (κ3) is 3.35. The number of hydrogen-bond acceptors (Lipinski definition) is 3. The van der Waals surface area contributed by atoms with E-state index in [9.17, 15) is 0 Å². The summed E-state index contributed by atoms with van der Waals surface area (Å²) in [5, 5.41) is 2.56. The van der Waals surface area contributed by atoms with Gasteiger partial charge >= 0.3 is 0 Å². The molecular formula is C22H17Cl3N4. The van der Waals surface area contributed by atoms with E-state index in [4.69, 9.17) is 34.8 Å². The van der Waals surface area contributed by atoms with E-state index in [2.05, 4.69) is 51.0 Å². The van der Waals surface area contributed by atoms with E-state index < -0.39 is 0 Å². The molecule has 0 amide bonds. The summed E-state index contributed by atoms with van der Waals surface area (Å²) in [5.41, 5.74) is 5.83. The summed E-state index contributed by atoms with van der Waals surface area (Å²) in [7, 11) is 0. The molecule has 5 rings (SSSR count). The summed E-state index contributed by atoms with van der Waals surface area (Å²) in [6, 6.07) is 16.0. The number of aryl methyl sites for hydroxylation is 1. The lowest BCUT2D eigenvalue weighted by molar-refractivity contribution is 0.626. The van der Waals surface area contributed by atoms with Crippen LogP contribution in [-0.4, -0.2) is 21.5 Å². The van der Waals surface area contributed by atoms with Gasteiger partial charge in [0.25, 0.3) is 0 Å². The molecule has 29 heavy (non-hydrogen) atoms. The maximum absolute atomic E-state index is 6.27. The molecule has 4 nitrogen and oxygen atoms in total. The molecule has 146 valence electrons. The van der Waals surface area contributed by atoms with Gasteiger partial charge in [-0.1, -0.05) is 64.6 Å². The lowest BCUT2D eigenvalue weighted by Crippen LogP contribution is -2.37. The molecule has 1 atom stereocenters. The van der Waals surface area contributed by atoms with Crippen molar-refractivity contribution in [3.05, 3.63) is 86.2 Å². The van der Waals surface area contributed by atoms with Gasteiger partial charge in [0.1, 0.15) is 10.3 Å². The van der Waals surface area contributed by atoms with Crippen LogP contribution < -0.4 is 4.90 Å². The molecule has 3 heterocycles. The molecule has 0 spiro atoms. The fourth-order valence-corrected chi connectivity index (χ4v) is 4.66. The molecule has 1 unspecified atom stereocenters. The van der Waals surface area contributed by atoms with E-state index >= 15 is 0 Å². The third-order valence-electron chi connectivity index (χ3n) is 5.39. The van der Waals surface area contributed by atoms with E-state index in [0.717, 1.165) is 40.1 Å². The van der Waals surface area contributed by atoms with Crippen molar-refractivity contribution < 1.29 is 0 Å². The van der Waals surface area contributed by atoms with E-state index in [0.29, 0.717) is 16.3 Å². The van der Waals surface area contributed by atoms with Crippen molar-refractivity contribution in [3.8, 4) is 0 Å². The highest BCUT2D eigenvalue weighted by molar-refractivity contribution is 6.33. The van der Waals surface area contributed by atoms with Gasteiger partial charge < -0.3 is 9.88 Å². The number of aromatic nitrogens is 3. The molecule has 2 aromatic carbocycles. The summed E-state index contributed by atoms with van der Waals surface area (Å²) in [5.74, 6) is 0.524. The maximum atomic E-state index is 6.27. The van der Waals surface area contributed by atoms with Crippen molar-refractivity contribution in [3.63, 3.8) is 0 Å². The highest BCUT2D eigenvalue weighted by atomic mass is 35.5. The van der Waals surface area contributed by atoms with Crippen molar-refractivity contribution in [1.29, 1.82) is 0 Å². The fourth-order valence-electron chi connectivity index (χ4n) is 4.08. The van der Waals surface area contributed by atoms with E-state index in [1.54, 1.807) is 6.07 Å². The number of anilines is 1. The van der Waals surface area contributed by atoms with Gasteiger partial charge in [-0.2, -0.15) is 0 Å². The van der Waals surface area contributed by atoms with Crippen LogP contribution in [0.5, 0.6) is 0 Å². The average Bonchev–Trinajstić information content (AvgIpc) is 3.05. The molecule has 7 heteroatoms. The first-order valence-electron chi connectivity index (χ1n) is 9.33. The van der Waals surface area contributed by atoms with Crippen LogP contribution >= 0.6 is 34.8 Å². The van der Waals surface area contributed by atoms with Crippen molar-refractivity contribution in [2.24, 2.45) is 0 Å². The standard InChI is InChI=1S/C22H17Cl3N4/c1-12-2-4-13(5-3-12)21-20-15(16-10-14(23)6-7-17(16)26-20)8-9-29(21)22-27-18(24)11-19(25)28-22/h2-7,10-11,21,26H,8-9H2,1H3. The highest BCUT2D eigenvalue weighted by Crippen LogP contribution is 2.40. The van der Waals surface area contributed by atoms with Gasteiger partial charge in [-0.25, -0.2) is 9.97 Å². The molecule has 0 bridgehead atoms. The quantitative estimate of drug-likeness (QED) is 0.366. The first kappa shape index (κ1) is 18.7. The van der Waals surface area contributed by atoms with Gasteiger partial charge in [0.05, 0.1) is 6.04 Å². The number of halogens is 3. The zero-order valence-corrected chi connectivity index (χ0v) is 17.9. The molecule has 0 fully saturated rings. The van der Waals surface area contributed by atoms with Crippen molar-refractivity contribution in [2.75, 3.05) is 11.4 Å². The summed E-state index contributed by atoms with van der Waals surface area (Å²) in [4.78, 5) is 14.7. The number of benzene rings is 2. The minimum Gasteiger partial charge on any atom is -0.356 e. The minimum absolute atomic E-state index is 0.0833. The fraction of sp³-hybridized carbons (Fsp3) is 0.182. The zero-order chi connectivity index (χ0) is 20.1. The minimum atomic E-state index is -0.0833. The first-order valence-corrected chi connectivity index (χ1v) is 10.5. The normalized spacial score (nSPS) is 16.3. The molecular weight excluding hydrogens is 427 g/mol. The second kappa shape index (κ2) is 7.21. The van der Waals surface area contributed by atoms with Crippen molar-refractivity contribution >= 4 is 51.7 Å². The highest BCUT2D eigenvalue weighted by Gasteiger charge is 2.33. The number of hydrogen-bond donors (Lipinski definition) is 1. The first-order chi connectivity index (χ1) is 14.0. The molecule has 0 radical (unpaired) electrons. The number of H-pyrrole nitrogens is 1. The SMILES string of the molecule is Cc1ccc(C2c3[nH]c4ccc(Cl)cc4c3CCN2c2nc(Cl)cc(Cl)n2)cc1. The zero-order valence-electron chi connectivity index (χ0n) is 15.6. The number of rotatable bonds is 2. The van der Waals surface area contributed by atoms with Crippen LogP contribution in [-0.2, 0) is 6.42 Å². The second-order valence-electron chi connectivity index (χ2n) is 7.28. The van der Waals surface area contributed by atoms with Crippen molar-refractivity contribution in [1.82, 2.24) is 15.0 Å².